The fourth-order valence-electron chi connectivity index (χ4n) is 2.13. The van der Waals surface area contributed by atoms with E-state index in [4.69, 9.17) is 0 Å². The molecule has 1 N–H and O–H groups in total. The molecule has 0 fully saturated rings. The van der Waals surface area contributed by atoms with Crippen molar-refractivity contribution in [2.24, 2.45) is 0 Å². The van der Waals surface area contributed by atoms with Crippen molar-refractivity contribution in [1.82, 2.24) is 5.32 Å². The molecule has 2 atom stereocenters. The van der Waals surface area contributed by atoms with Crippen molar-refractivity contribution >= 4 is 21.7 Å². The Labute approximate surface area is 118 Å². The van der Waals surface area contributed by atoms with Crippen LogP contribution in [0.4, 0.5) is 0 Å². The molecule has 2 nitrogen and oxygen atoms in total. The van der Waals surface area contributed by atoms with Crippen LogP contribution in [0.5, 0.6) is 0 Å². The van der Waals surface area contributed by atoms with E-state index in [1.807, 2.05) is 6.07 Å². The Morgan fingerprint density at radius 2 is 2.00 bits per heavy atom. The highest BCUT2D eigenvalue weighted by Crippen LogP contribution is 2.20. The van der Waals surface area contributed by atoms with Gasteiger partial charge < -0.3 is 5.32 Å². The molecule has 18 heavy (non-hydrogen) atoms. The van der Waals surface area contributed by atoms with Crippen LogP contribution in [0.2, 0.25) is 0 Å². The van der Waals surface area contributed by atoms with Crippen LogP contribution in [-0.2, 0) is 4.79 Å². The monoisotopic (exact) mass is 311 g/mol. The standard InChI is InChI=1S/C15H22BrNO/c1-3-15(17-10-9-14(18)11-16)12(2)13-7-5-4-6-8-13/h4-8,12,15,17H,3,9-11H2,1-2H3. The topological polar surface area (TPSA) is 29.1 Å². The smallest absolute Gasteiger partial charge is 0.144 e. The number of carbonyl (C=O) groups excluding carboxylic acids is 1. The molecule has 0 aliphatic carbocycles. The predicted molar refractivity (Wildman–Crippen MR) is 80.4 cm³/mol. The summed E-state index contributed by atoms with van der Waals surface area (Å²) in [4.78, 5) is 11.2. The van der Waals surface area contributed by atoms with E-state index in [9.17, 15) is 4.79 Å². The molecule has 0 saturated carbocycles. The Balaban J connectivity index is 2.48. The SMILES string of the molecule is CCC(NCCC(=O)CBr)C(C)c1ccccc1. The lowest BCUT2D eigenvalue weighted by Crippen LogP contribution is -2.34. The summed E-state index contributed by atoms with van der Waals surface area (Å²) in [6, 6.07) is 11.0. The van der Waals surface area contributed by atoms with Crippen LogP contribution in [0.25, 0.3) is 0 Å². The van der Waals surface area contributed by atoms with Crippen molar-refractivity contribution in [3.63, 3.8) is 0 Å². The first kappa shape index (κ1) is 15.4. The van der Waals surface area contributed by atoms with Gasteiger partial charge in [0.25, 0.3) is 0 Å². The zero-order valence-corrected chi connectivity index (χ0v) is 12.7. The van der Waals surface area contributed by atoms with E-state index >= 15 is 0 Å². The molecular weight excluding hydrogens is 290 g/mol. The van der Waals surface area contributed by atoms with E-state index in [0.29, 0.717) is 23.7 Å². The first-order valence-corrected chi connectivity index (χ1v) is 7.67. The average Bonchev–Trinajstić information content (AvgIpc) is 2.43. The minimum Gasteiger partial charge on any atom is -0.313 e. The second-order valence-electron chi connectivity index (χ2n) is 4.59. The lowest BCUT2D eigenvalue weighted by atomic mass is 9.91. The van der Waals surface area contributed by atoms with E-state index in [2.05, 4.69) is 59.4 Å². The molecule has 0 aliphatic heterocycles. The maximum atomic E-state index is 11.2. The molecule has 3 heteroatoms. The van der Waals surface area contributed by atoms with Gasteiger partial charge in [0, 0.05) is 19.0 Å². The number of rotatable bonds is 8. The van der Waals surface area contributed by atoms with Gasteiger partial charge in [-0.05, 0) is 17.9 Å². The molecule has 1 rings (SSSR count). The van der Waals surface area contributed by atoms with Crippen LogP contribution in [-0.4, -0.2) is 23.7 Å². The van der Waals surface area contributed by atoms with Crippen molar-refractivity contribution in [3.05, 3.63) is 35.9 Å². The third kappa shape index (κ3) is 4.91. The third-order valence-electron chi connectivity index (χ3n) is 3.33. The van der Waals surface area contributed by atoms with Gasteiger partial charge in [-0.3, -0.25) is 4.79 Å². The predicted octanol–water partition coefficient (Wildman–Crippen LogP) is 3.51. The molecule has 1 aromatic rings. The van der Waals surface area contributed by atoms with Gasteiger partial charge in [0.15, 0.2) is 0 Å². The molecule has 0 saturated heterocycles. The maximum Gasteiger partial charge on any atom is 0.144 e. The lowest BCUT2D eigenvalue weighted by Gasteiger charge is -2.24. The van der Waals surface area contributed by atoms with Crippen LogP contribution in [0, 0.1) is 0 Å². The summed E-state index contributed by atoms with van der Waals surface area (Å²) in [7, 11) is 0. The average molecular weight is 312 g/mol. The first-order valence-electron chi connectivity index (χ1n) is 6.55. The van der Waals surface area contributed by atoms with E-state index in [1.165, 1.54) is 5.56 Å². The molecule has 0 spiro atoms. The molecule has 0 aliphatic rings. The molecule has 2 unspecified atom stereocenters. The van der Waals surface area contributed by atoms with Gasteiger partial charge >= 0.3 is 0 Å². The minimum absolute atomic E-state index is 0.254. The van der Waals surface area contributed by atoms with Crippen LogP contribution >= 0.6 is 15.9 Å². The number of alkyl halides is 1. The summed E-state index contributed by atoms with van der Waals surface area (Å²) in [6.45, 7) is 5.19. The van der Waals surface area contributed by atoms with Crippen molar-refractivity contribution in [2.75, 3.05) is 11.9 Å². The van der Waals surface area contributed by atoms with Gasteiger partial charge in [0.1, 0.15) is 5.78 Å². The summed E-state index contributed by atoms with van der Waals surface area (Å²) < 4.78 is 0. The maximum absolute atomic E-state index is 11.2. The van der Waals surface area contributed by atoms with Crippen LogP contribution in [0.15, 0.2) is 30.3 Å². The summed E-state index contributed by atoms with van der Waals surface area (Å²) in [5, 5.41) is 3.95. The number of carbonyl (C=O) groups is 1. The van der Waals surface area contributed by atoms with Crippen LogP contribution in [0.3, 0.4) is 0 Å². The van der Waals surface area contributed by atoms with E-state index in [-0.39, 0.29) is 5.78 Å². The van der Waals surface area contributed by atoms with Gasteiger partial charge in [-0.15, -0.1) is 0 Å². The number of hydrogen-bond donors (Lipinski definition) is 1. The molecule has 0 heterocycles. The van der Waals surface area contributed by atoms with E-state index in [1.54, 1.807) is 0 Å². The number of nitrogens with one attached hydrogen (secondary N) is 1. The van der Waals surface area contributed by atoms with Gasteiger partial charge in [0.05, 0.1) is 5.33 Å². The highest BCUT2D eigenvalue weighted by molar-refractivity contribution is 9.09. The van der Waals surface area contributed by atoms with Gasteiger partial charge in [-0.1, -0.05) is 60.1 Å². The number of halogens is 1. The van der Waals surface area contributed by atoms with Crippen molar-refractivity contribution < 1.29 is 4.79 Å². The molecule has 0 amide bonds. The lowest BCUT2D eigenvalue weighted by molar-refractivity contribution is -0.116. The fraction of sp³-hybridized carbons (Fsp3) is 0.533. The zero-order chi connectivity index (χ0) is 13.4. The Morgan fingerprint density at radius 1 is 1.33 bits per heavy atom. The summed E-state index contributed by atoms with van der Waals surface area (Å²) in [5.74, 6) is 0.722. The van der Waals surface area contributed by atoms with Crippen molar-refractivity contribution in [2.45, 2.75) is 38.6 Å². The summed E-state index contributed by atoms with van der Waals surface area (Å²) in [5.41, 5.74) is 1.35. The molecule has 0 radical (unpaired) electrons. The number of hydrogen-bond acceptors (Lipinski definition) is 2. The van der Waals surface area contributed by atoms with E-state index in [0.717, 1.165) is 13.0 Å². The first-order chi connectivity index (χ1) is 8.69. The number of ketones is 1. The van der Waals surface area contributed by atoms with Crippen LogP contribution in [0.1, 0.15) is 38.2 Å². The highest BCUT2D eigenvalue weighted by atomic mass is 79.9. The Hall–Kier alpha value is -0.670. The minimum atomic E-state index is 0.254. The Morgan fingerprint density at radius 3 is 2.56 bits per heavy atom. The van der Waals surface area contributed by atoms with Gasteiger partial charge in [0.2, 0.25) is 0 Å². The second-order valence-corrected chi connectivity index (χ2v) is 5.15. The molecule has 0 aromatic heterocycles. The number of benzene rings is 1. The Kier molecular flexibility index (Phi) is 7.21. The number of Topliss-reactive ketones (excluding diaryl/α,β-unsaturated/α-hetero) is 1. The summed E-state index contributed by atoms with van der Waals surface area (Å²) >= 11 is 3.19. The highest BCUT2D eigenvalue weighted by Gasteiger charge is 2.16. The molecule has 0 bridgehead atoms. The fourth-order valence-corrected chi connectivity index (χ4v) is 2.41. The second kappa shape index (κ2) is 8.44. The van der Waals surface area contributed by atoms with E-state index < -0.39 is 0 Å². The largest absolute Gasteiger partial charge is 0.313 e. The zero-order valence-electron chi connectivity index (χ0n) is 11.2. The quantitative estimate of drug-likeness (QED) is 0.744. The van der Waals surface area contributed by atoms with Gasteiger partial charge in [-0.25, -0.2) is 0 Å². The Bertz CT molecular complexity index is 353. The van der Waals surface area contributed by atoms with Crippen molar-refractivity contribution in [1.29, 1.82) is 0 Å². The van der Waals surface area contributed by atoms with Crippen LogP contribution < -0.4 is 5.32 Å². The molecular formula is C15H22BrNO. The van der Waals surface area contributed by atoms with Gasteiger partial charge in [-0.2, -0.15) is 0 Å². The molecule has 1 aromatic carbocycles. The molecule has 100 valence electrons. The van der Waals surface area contributed by atoms with Crippen molar-refractivity contribution in [3.8, 4) is 0 Å². The summed E-state index contributed by atoms with van der Waals surface area (Å²) in [6.07, 6.45) is 1.67. The third-order valence-corrected chi connectivity index (χ3v) is 3.95. The normalized spacial score (nSPS) is 14.2.